The van der Waals surface area contributed by atoms with E-state index in [4.69, 9.17) is 6.42 Å². The molecule has 0 saturated carbocycles. The van der Waals surface area contributed by atoms with Gasteiger partial charge in [-0.3, -0.25) is 0 Å². The van der Waals surface area contributed by atoms with E-state index in [1.807, 2.05) is 0 Å². The largest absolute Gasteiger partial charge is 0.439 e. The van der Waals surface area contributed by atoms with Gasteiger partial charge in [-0.05, 0) is 30.7 Å². The summed E-state index contributed by atoms with van der Waals surface area (Å²) in [7, 11) is 0. The van der Waals surface area contributed by atoms with Crippen LogP contribution in [0.25, 0.3) is 0 Å². The van der Waals surface area contributed by atoms with E-state index in [1.165, 1.54) is 6.92 Å². The zero-order valence-electron chi connectivity index (χ0n) is 9.56. The van der Waals surface area contributed by atoms with Crippen molar-refractivity contribution in [2.24, 2.45) is 0 Å². The first-order valence-electron chi connectivity index (χ1n) is 4.96. The van der Waals surface area contributed by atoms with Crippen LogP contribution in [0.3, 0.4) is 0 Å². The number of alkyl halides is 6. The van der Waals surface area contributed by atoms with Crippen molar-refractivity contribution in [3.63, 3.8) is 0 Å². The maximum absolute atomic E-state index is 12.5. The van der Waals surface area contributed by atoms with E-state index in [1.54, 1.807) is 6.11 Å². The topological polar surface area (TPSA) is 9.23 Å². The van der Waals surface area contributed by atoms with Crippen LogP contribution in [0.15, 0.2) is 18.2 Å². The van der Waals surface area contributed by atoms with E-state index in [9.17, 15) is 26.3 Å². The quantitative estimate of drug-likeness (QED) is 0.577. The van der Waals surface area contributed by atoms with Crippen LogP contribution in [0.5, 0.6) is 0 Å². The third kappa shape index (κ3) is 3.81. The average molecular weight is 282 g/mol. The monoisotopic (exact) mass is 282 g/mol. The van der Waals surface area contributed by atoms with Gasteiger partial charge in [0, 0.05) is 0 Å². The minimum absolute atomic E-state index is 0.0477. The second-order valence-electron chi connectivity index (χ2n) is 3.72. The van der Waals surface area contributed by atoms with Crippen LogP contribution in [0.4, 0.5) is 26.3 Å². The van der Waals surface area contributed by atoms with Gasteiger partial charge < -0.3 is 4.74 Å². The van der Waals surface area contributed by atoms with Crippen molar-refractivity contribution in [1.82, 2.24) is 0 Å². The fourth-order valence-corrected chi connectivity index (χ4v) is 1.38. The zero-order valence-corrected chi connectivity index (χ0v) is 9.56. The second kappa shape index (κ2) is 5.03. The Morgan fingerprint density at radius 1 is 1.00 bits per heavy atom. The van der Waals surface area contributed by atoms with Crippen LogP contribution in [-0.2, 0) is 17.1 Å². The third-order valence-corrected chi connectivity index (χ3v) is 2.32. The minimum Gasteiger partial charge on any atom is -0.439 e. The molecule has 1 aromatic carbocycles. The summed E-state index contributed by atoms with van der Waals surface area (Å²) in [5.41, 5.74) is -3.09. The molecule has 1 nitrogen and oxygen atoms in total. The number of ether oxygens (including phenoxy) is 1. The molecular weight excluding hydrogens is 274 g/mol. The van der Waals surface area contributed by atoms with Gasteiger partial charge in [-0.1, -0.05) is 6.42 Å². The van der Waals surface area contributed by atoms with E-state index in [2.05, 4.69) is 4.74 Å². The number of benzene rings is 1. The Morgan fingerprint density at radius 3 is 1.74 bits per heavy atom. The molecule has 0 heterocycles. The Bertz CT molecular complexity index is 462. The summed E-state index contributed by atoms with van der Waals surface area (Å²) in [6, 6.07) is 1.21. The molecule has 104 valence electrons. The van der Waals surface area contributed by atoms with Crippen LogP contribution in [-0.4, -0.2) is 0 Å². The lowest BCUT2D eigenvalue weighted by molar-refractivity contribution is -0.143. The lowest BCUT2D eigenvalue weighted by Crippen LogP contribution is -2.12. The Balaban J connectivity index is 3.38. The molecule has 0 bridgehead atoms. The summed E-state index contributed by atoms with van der Waals surface area (Å²) < 4.78 is 79.8. The summed E-state index contributed by atoms with van der Waals surface area (Å²) in [5, 5.41) is 0. The van der Waals surface area contributed by atoms with Gasteiger partial charge in [0.2, 0.25) is 0 Å². The van der Waals surface area contributed by atoms with Crippen molar-refractivity contribution in [3.05, 3.63) is 34.9 Å². The predicted octanol–water partition coefficient (Wildman–Crippen LogP) is 4.39. The van der Waals surface area contributed by atoms with Crippen molar-refractivity contribution in [3.8, 4) is 12.5 Å². The molecule has 0 radical (unpaired) electrons. The first-order valence-corrected chi connectivity index (χ1v) is 4.96. The summed E-state index contributed by atoms with van der Waals surface area (Å²) in [5.74, 6) is 0. The molecule has 19 heavy (non-hydrogen) atoms. The van der Waals surface area contributed by atoms with E-state index in [0.29, 0.717) is 12.1 Å². The van der Waals surface area contributed by atoms with Crippen molar-refractivity contribution in [2.75, 3.05) is 0 Å². The molecule has 7 heteroatoms. The fraction of sp³-hybridized carbons (Fsp3) is 0.333. The Kier molecular flexibility index (Phi) is 4.03. The fourth-order valence-electron chi connectivity index (χ4n) is 1.38. The third-order valence-electron chi connectivity index (χ3n) is 2.32. The van der Waals surface area contributed by atoms with Gasteiger partial charge in [0.1, 0.15) is 12.2 Å². The minimum atomic E-state index is -4.88. The number of rotatable bonds is 2. The van der Waals surface area contributed by atoms with Crippen molar-refractivity contribution >= 4 is 0 Å². The lowest BCUT2D eigenvalue weighted by Gasteiger charge is -2.16. The smallest absolute Gasteiger partial charge is 0.416 e. The Hall–Kier alpha value is -1.84. The highest BCUT2D eigenvalue weighted by molar-refractivity contribution is 5.34. The molecule has 1 rings (SSSR count). The number of terminal acetylenes is 1. The highest BCUT2D eigenvalue weighted by Gasteiger charge is 2.37. The number of hydrogen-bond acceptors (Lipinski definition) is 1. The van der Waals surface area contributed by atoms with Crippen LogP contribution in [0, 0.1) is 12.5 Å². The van der Waals surface area contributed by atoms with E-state index >= 15 is 0 Å². The number of halogens is 6. The molecule has 0 aliphatic rings. The van der Waals surface area contributed by atoms with Crippen molar-refractivity contribution in [1.29, 1.82) is 0 Å². The SMILES string of the molecule is C#CO[C@H](C)c1cc(C(F)(F)F)cc(C(F)(F)F)c1. The molecule has 1 atom stereocenters. The van der Waals surface area contributed by atoms with Gasteiger partial charge in [0.05, 0.1) is 11.1 Å². The normalized spacial score (nSPS) is 13.8. The van der Waals surface area contributed by atoms with Gasteiger partial charge >= 0.3 is 12.4 Å². The molecule has 0 fully saturated rings. The second-order valence-corrected chi connectivity index (χ2v) is 3.72. The molecule has 0 amide bonds. The maximum atomic E-state index is 12.5. The first-order chi connectivity index (χ1) is 8.55. The van der Waals surface area contributed by atoms with Gasteiger partial charge in [0.15, 0.2) is 0 Å². The Morgan fingerprint density at radius 2 is 1.42 bits per heavy atom. The van der Waals surface area contributed by atoms with Crippen LogP contribution in [0.1, 0.15) is 29.7 Å². The van der Waals surface area contributed by atoms with E-state index in [0.717, 1.165) is 0 Å². The molecule has 0 saturated heterocycles. The van der Waals surface area contributed by atoms with Gasteiger partial charge in [-0.25, -0.2) is 0 Å². The maximum Gasteiger partial charge on any atom is 0.416 e. The summed E-state index contributed by atoms with van der Waals surface area (Å²) in [6.07, 6.45) is -4.32. The molecule has 0 unspecified atom stereocenters. The molecule has 0 aliphatic heterocycles. The lowest BCUT2D eigenvalue weighted by atomic mass is 10.0. The van der Waals surface area contributed by atoms with Crippen molar-refractivity contribution < 1.29 is 31.1 Å². The first kappa shape index (κ1) is 15.2. The van der Waals surface area contributed by atoms with Crippen LogP contribution < -0.4 is 0 Å². The molecule has 0 aromatic heterocycles. The van der Waals surface area contributed by atoms with Gasteiger partial charge in [-0.2, -0.15) is 26.3 Å². The van der Waals surface area contributed by atoms with Crippen LogP contribution in [0.2, 0.25) is 0 Å². The summed E-state index contributed by atoms with van der Waals surface area (Å²) in [6.45, 7) is 1.26. The molecule has 1 aromatic rings. The number of hydrogen-bond donors (Lipinski definition) is 0. The summed E-state index contributed by atoms with van der Waals surface area (Å²) >= 11 is 0. The summed E-state index contributed by atoms with van der Waals surface area (Å²) in [4.78, 5) is 0. The average Bonchev–Trinajstić information content (AvgIpc) is 2.26. The highest BCUT2D eigenvalue weighted by Crippen LogP contribution is 2.37. The predicted molar refractivity (Wildman–Crippen MR) is 54.8 cm³/mol. The van der Waals surface area contributed by atoms with E-state index < -0.39 is 29.6 Å². The van der Waals surface area contributed by atoms with Crippen LogP contribution >= 0.6 is 0 Å². The Labute approximate surface area is 105 Å². The van der Waals surface area contributed by atoms with Gasteiger partial charge in [0.25, 0.3) is 0 Å². The highest BCUT2D eigenvalue weighted by atomic mass is 19.4. The van der Waals surface area contributed by atoms with E-state index in [-0.39, 0.29) is 11.6 Å². The van der Waals surface area contributed by atoms with Crippen molar-refractivity contribution in [2.45, 2.75) is 25.4 Å². The zero-order chi connectivity index (χ0) is 14.8. The molecule has 0 aliphatic carbocycles. The molecular formula is C12H8F6O. The van der Waals surface area contributed by atoms with Gasteiger partial charge in [-0.15, -0.1) is 0 Å². The molecule has 0 N–H and O–H groups in total. The molecule has 0 spiro atoms. The standard InChI is InChI=1S/C12H8F6O/c1-3-19-7(2)8-4-9(11(13,14)15)6-10(5-8)12(16,17)18/h1,4-7H,2H3/t7-/m1/s1.